The summed E-state index contributed by atoms with van der Waals surface area (Å²) in [5.74, 6) is 0. The lowest BCUT2D eigenvalue weighted by Gasteiger charge is -2.03. The van der Waals surface area contributed by atoms with Gasteiger partial charge in [0.25, 0.3) is 0 Å². The molecule has 0 unspecified atom stereocenters. The van der Waals surface area contributed by atoms with Crippen molar-refractivity contribution in [3.05, 3.63) is 0 Å². The molecular weight excluding hydrogens is 216 g/mol. The number of nitrogens with zero attached hydrogens (tertiary/aromatic N) is 1. The Kier molecular flexibility index (Phi) is 5.24. The maximum atomic E-state index is 12.9. The van der Waals surface area contributed by atoms with Crippen LogP contribution in [0.5, 0.6) is 0 Å². The van der Waals surface area contributed by atoms with Crippen molar-refractivity contribution in [3.63, 3.8) is 0 Å². The molecule has 0 radical (unpaired) electrons. The summed E-state index contributed by atoms with van der Waals surface area (Å²) in [4.78, 5) is 0. The molecule has 0 bridgehead atoms. The van der Waals surface area contributed by atoms with Crippen molar-refractivity contribution in [1.82, 2.24) is 0 Å². The van der Waals surface area contributed by atoms with E-state index in [-0.39, 0.29) is 0 Å². The van der Waals surface area contributed by atoms with E-state index in [1.807, 2.05) is 0 Å². The average molecular weight is 231 g/mol. The van der Waals surface area contributed by atoms with E-state index in [0.717, 1.165) is 13.1 Å². The third kappa shape index (κ3) is 13.4. The van der Waals surface area contributed by atoms with Crippen LogP contribution >= 0.6 is 0 Å². The van der Waals surface area contributed by atoms with Gasteiger partial charge >= 0.3 is 7.25 Å². The van der Waals surface area contributed by atoms with Gasteiger partial charge in [0, 0.05) is 12.8 Å². The standard InChI is InChI=1S/C8H15FN.BF4/c1-8(2,9)7-10-5-3-4-6-10;2-1(3,4)5/h7H,3-6H2,1-2H3;/q+1;-1. The normalized spacial score (nSPS) is 17.1. The summed E-state index contributed by atoms with van der Waals surface area (Å²) < 4.78 is 54.0. The van der Waals surface area contributed by atoms with Crippen molar-refractivity contribution in [3.8, 4) is 0 Å². The Morgan fingerprint density at radius 1 is 1.07 bits per heavy atom. The summed E-state index contributed by atoms with van der Waals surface area (Å²) in [5.41, 5.74) is -1.13. The molecule has 7 heteroatoms. The van der Waals surface area contributed by atoms with Crippen molar-refractivity contribution < 1.29 is 26.2 Å². The van der Waals surface area contributed by atoms with E-state index < -0.39 is 12.9 Å². The van der Waals surface area contributed by atoms with Gasteiger partial charge in [-0.15, -0.1) is 0 Å². The van der Waals surface area contributed by atoms with Gasteiger partial charge in [-0.2, -0.15) is 0 Å². The largest absolute Gasteiger partial charge is 0.673 e. The van der Waals surface area contributed by atoms with Gasteiger partial charge in [0.05, 0.1) is 0 Å². The van der Waals surface area contributed by atoms with Gasteiger partial charge in [-0.1, -0.05) is 0 Å². The van der Waals surface area contributed by atoms with Crippen LogP contribution in [0.4, 0.5) is 21.7 Å². The number of rotatable bonds is 1. The number of hydrogen-bond acceptors (Lipinski definition) is 0. The van der Waals surface area contributed by atoms with Gasteiger partial charge in [0.2, 0.25) is 0 Å². The van der Waals surface area contributed by atoms with Crippen LogP contribution in [0.2, 0.25) is 0 Å². The predicted octanol–water partition coefficient (Wildman–Crippen LogP) is 2.91. The molecule has 0 N–H and O–H groups in total. The third-order valence-corrected chi connectivity index (χ3v) is 1.63. The van der Waals surface area contributed by atoms with Gasteiger partial charge in [0.1, 0.15) is 13.1 Å². The fourth-order valence-electron chi connectivity index (χ4n) is 1.30. The van der Waals surface area contributed by atoms with Crippen LogP contribution in [-0.4, -0.2) is 36.8 Å². The van der Waals surface area contributed by atoms with Crippen LogP contribution in [0.1, 0.15) is 26.7 Å². The third-order valence-electron chi connectivity index (χ3n) is 1.63. The Morgan fingerprint density at radius 3 is 1.67 bits per heavy atom. The minimum atomic E-state index is -6.00. The van der Waals surface area contributed by atoms with Crippen LogP contribution in [0.25, 0.3) is 0 Å². The van der Waals surface area contributed by atoms with Gasteiger partial charge in [0.15, 0.2) is 11.9 Å². The minimum absolute atomic E-state index is 1.04. The second-order valence-electron chi connectivity index (χ2n) is 3.93. The molecule has 1 aliphatic rings. The molecule has 0 aliphatic carbocycles. The molecule has 0 atom stereocenters. The van der Waals surface area contributed by atoms with Crippen molar-refractivity contribution in [2.24, 2.45) is 0 Å². The molecule has 1 fully saturated rings. The van der Waals surface area contributed by atoms with Gasteiger partial charge < -0.3 is 17.3 Å². The molecule has 1 heterocycles. The number of alkyl halides is 1. The Hall–Kier alpha value is -0.615. The van der Waals surface area contributed by atoms with Gasteiger partial charge in [-0.25, -0.2) is 8.97 Å². The minimum Gasteiger partial charge on any atom is -0.418 e. The predicted molar refractivity (Wildman–Crippen MR) is 50.7 cm³/mol. The van der Waals surface area contributed by atoms with Crippen LogP contribution in [0, 0.1) is 0 Å². The van der Waals surface area contributed by atoms with Gasteiger partial charge in [-0.05, 0) is 13.8 Å². The topological polar surface area (TPSA) is 3.01 Å². The zero-order chi connectivity index (χ0) is 12.1. The summed E-state index contributed by atoms with van der Waals surface area (Å²) in [6.07, 6.45) is 4.12. The molecule has 90 valence electrons. The molecule has 0 saturated carbocycles. The molecule has 1 nitrogen and oxygen atoms in total. The van der Waals surface area contributed by atoms with E-state index in [4.69, 9.17) is 0 Å². The van der Waals surface area contributed by atoms with E-state index in [1.54, 1.807) is 20.1 Å². The zero-order valence-corrected chi connectivity index (χ0v) is 8.82. The lowest BCUT2D eigenvalue weighted by atomic mass is 10.2. The van der Waals surface area contributed by atoms with Crippen molar-refractivity contribution in [2.45, 2.75) is 32.4 Å². The molecule has 0 aromatic heterocycles. The quantitative estimate of drug-likeness (QED) is 0.370. The maximum Gasteiger partial charge on any atom is 0.673 e. The molecule has 0 amide bonds. The SMILES string of the molecule is CC(C)(F)C=[N+]1CCCC1.F[B-](F)(F)F. The first-order valence-corrected chi connectivity index (χ1v) is 4.74. The highest BCUT2D eigenvalue weighted by molar-refractivity contribution is 6.50. The summed E-state index contributed by atoms with van der Waals surface area (Å²) in [7, 11) is -6.00. The molecule has 0 aromatic carbocycles. The number of hydrogen-bond donors (Lipinski definition) is 0. The van der Waals surface area contributed by atoms with E-state index in [9.17, 15) is 21.7 Å². The smallest absolute Gasteiger partial charge is 0.418 e. The number of halogens is 5. The molecule has 0 aromatic rings. The second-order valence-corrected chi connectivity index (χ2v) is 3.93. The Balaban J connectivity index is 0.000000336. The van der Waals surface area contributed by atoms with Crippen LogP contribution in [-0.2, 0) is 0 Å². The summed E-state index contributed by atoms with van der Waals surface area (Å²) in [6, 6.07) is 0. The Labute approximate surface area is 86.1 Å². The summed E-state index contributed by atoms with van der Waals surface area (Å²) in [5, 5.41) is 0. The van der Waals surface area contributed by atoms with E-state index in [0.29, 0.717) is 0 Å². The van der Waals surface area contributed by atoms with E-state index >= 15 is 0 Å². The summed E-state index contributed by atoms with van der Waals surface area (Å²) >= 11 is 0. The molecule has 15 heavy (non-hydrogen) atoms. The molecule has 1 saturated heterocycles. The second kappa shape index (κ2) is 5.46. The molecular formula is C8H15BF5N. The average Bonchev–Trinajstić information content (AvgIpc) is 2.30. The highest BCUT2D eigenvalue weighted by atomic mass is 19.5. The molecule has 1 aliphatic heterocycles. The van der Waals surface area contributed by atoms with E-state index in [1.165, 1.54) is 12.8 Å². The van der Waals surface area contributed by atoms with Gasteiger partial charge in [-0.3, -0.25) is 0 Å². The Morgan fingerprint density at radius 2 is 1.40 bits per heavy atom. The fraction of sp³-hybridized carbons (Fsp3) is 0.875. The fourth-order valence-corrected chi connectivity index (χ4v) is 1.30. The first kappa shape index (κ1) is 14.4. The van der Waals surface area contributed by atoms with Crippen molar-refractivity contribution in [2.75, 3.05) is 13.1 Å². The highest BCUT2D eigenvalue weighted by Gasteiger charge is 2.21. The van der Waals surface area contributed by atoms with Crippen LogP contribution < -0.4 is 0 Å². The highest BCUT2D eigenvalue weighted by Crippen LogP contribution is 2.07. The molecule has 0 spiro atoms. The lowest BCUT2D eigenvalue weighted by molar-refractivity contribution is -0.504. The summed E-state index contributed by atoms with van der Waals surface area (Å²) in [6.45, 7) is 5.25. The lowest BCUT2D eigenvalue weighted by Crippen LogP contribution is -2.22. The Bertz CT molecular complexity index is 204. The molecule has 1 rings (SSSR count). The zero-order valence-electron chi connectivity index (χ0n) is 8.82. The monoisotopic (exact) mass is 231 g/mol. The first-order chi connectivity index (χ1) is 6.58. The first-order valence-electron chi connectivity index (χ1n) is 4.74. The van der Waals surface area contributed by atoms with E-state index in [2.05, 4.69) is 4.58 Å². The van der Waals surface area contributed by atoms with Crippen molar-refractivity contribution >= 4 is 13.5 Å². The van der Waals surface area contributed by atoms with Crippen LogP contribution in [0.15, 0.2) is 0 Å². The van der Waals surface area contributed by atoms with Crippen LogP contribution in [0.3, 0.4) is 0 Å². The maximum absolute atomic E-state index is 12.9. The van der Waals surface area contributed by atoms with Crippen molar-refractivity contribution in [1.29, 1.82) is 0 Å².